The number of hydrazone groups is 1. The fourth-order valence-electron chi connectivity index (χ4n) is 2.66. The Morgan fingerprint density at radius 2 is 1.84 bits per heavy atom. The van der Waals surface area contributed by atoms with E-state index in [1.807, 2.05) is 37.3 Å². The van der Waals surface area contributed by atoms with Gasteiger partial charge in [0.2, 0.25) is 0 Å². The minimum atomic E-state index is -0.336. The lowest BCUT2D eigenvalue weighted by Gasteiger charge is -2.15. The lowest BCUT2D eigenvalue weighted by Crippen LogP contribution is -2.17. The van der Waals surface area contributed by atoms with Gasteiger partial charge in [-0.2, -0.15) is 5.10 Å². The Morgan fingerprint density at radius 3 is 2.55 bits per heavy atom. The molecule has 1 amide bonds. The minimum absolute atomic E-state index is 0.295. The number of halogens is 3. The summed E-state index contributed by atoms with van der Waals surface area (Å²) in [5.74, 6) is 0.773. The van der Waals surface area contributed by atoms with E-state index >= 15 is 0 Å². The maximum Gasteiger partial charge on any atom is 0.271 e. The predicted molar refractivity (Wildman–Crippen MR) is 128 cm³/mol. The van der Waals surface area contributed by atoms with Gasteiger partial charge in [0.15, 0.2) is 11.5 Å². The van der Waals surface area contributed by atoms with Crippen molar-refractivity contribution >= 4 is 51.3 Å². The third-order valence-corrected chi connectivity index (χ3v) is 5.36. The van der Waals surface area contributed by atoms with E-state index < -0.39 is 0 Å². The van der Waals surface area contributed by atoms with E-state index in [1.165, 1.54) is 6.21 Å². The van der Waals surface area contributed by atoms with Crippen molar-refractivity contribution in [2.24, 2.45) is 5.10 Å². The number of rotatable bonds is 8. The van der Waals surface area contributed by atoms with Gasteiger partial charge in [0.05, 0.1) is 17.3 Å². The molecule has 0 spiro atoms. The number of carbonyl (C=O) groups excluding carboxylic acids is 1. The average molecular weight is 522 g/mol. The van der Waals surface area contributed by atoms with Gasteiger partial charge in [-0.05, 0) is 70.9 Å². The molecule has 0 aliphatic heterocycles. The number of carbonyl (C=O) groups is 1. The van der Waals surface area contributed by atoms with Gasteiger partial charge in [-0.1, -0.05) is 41.4 Å². The number of hydrogen-bond donors (Lipinski definition) is 1. The van der Waals surface area contributed by atoms with E-state index in [1.54, 1.807) is 30.3 Å². The van der Waals surface area contributed by atoms with Crippen LogP contribution in [0, 0.1) is 0 Å². The van der Waals surface area contributed by atoms with E-state index in [2.05, 4.69) is 26.5 Å². The summed E-state index contributed by atoms with van der Waals surface area (Å²) in [7, 11) is 0. The first kappa shape index (κ1) is 23.1. The molecular formula is C23H19BrCl2N2O3. The highest BCUT2D eigenvalue weighted by Gasteiger charge is 2.13. The molecule has 5 nitrogen and oxygen atoms in total. The van der Waals surface area contributed by atoms with Crippen molar-refractivity contribution in [3.05, 3.63) is 91.9 Å². The highest BCUT2D eigenvalue weighted by Crippen LogP contribution is 2.37. The van der Waals surface area contributed by atoms with Crippen molar-refractivity contribution in [3.8, 4) is 11.5 Å². The molecule has 0 saturated heterocycles. The molecule has 0 aromatic heterocycles. The number of nitrogens with one attached hydrogen (secondary N) is 1. The molecule has 0 atom stereocenters. The summed E-state index contributed by atoms with van der Waals surface area (Å²) in [6.07, 6.45) is 1.53. The summed E-state index contributed by atoms with van der Waals surface area (Å²) in [6.45, 7) is 2.64. The molecule has 8 heteroatoms. The zero-order valence-corrected chi connectivity index (χ0v) is 19.7. The summed E-state index contributed by atoms with van der Waals surface area (Å²) in [5.41, 5.74) is 4.54. The molecule has 0 aliphatic carbocycles. The van der Waals surface area contributed by atoms with Gasteiger partial charge in [0.1, 0.15) is 6.61 Å². The van der Waals surface area contributed by atoms with Gasteiger partial charge < -0.3 is 9.47 Å². The number of nitrogens with zero attached hydrogens (tertiary/aromatic N) is 1. The van der Waals surface area contributed by atoms with Gasteiger partial charge >= 0.3 is 0 Å². The lowest BCUT2D eigenvalue weighted by molar-refractivity contribution is 0.0955. The Kier molecular flexibility index (Phi) is 8.35. The zero-order valence-electron chi connectivity index (χ0n) is 16.6. The highest BCUT2D eigenvalue weighted by atomic mass is 79.9. The Morgan fingerprint density at radius 1 is 1.10 bits per heavy atom. The third-order valence-electron chi connectivity index (χ3n) is 4.15. The van der Waals surface area contributed by atoms with Gasteiger partial charge in [0, 0.05) is 21.2 Å². The summed E-state index contributed by atoms with van der Waals surface area (Å²) in [6, 6.07) is 17.6. The lowest BCUT2D eigenvalue weighted by atomic mass is 10.2. The summed E-state index contributed by atoms with van der Waals surface area (Å²) >= 11 is 15.6. The second-order valence-electron chi connectivity index (χ2n) is 6.35. The Balaban J connectivity index is 1.73. The van der Waals surface area contributed by atoms with Crippen molar-refractivity contribution in [1.29, 1.82) is 0 Å². The minimum Gasteiger partial charge on any atom is -0.490 e. The molecule has 0 saturated carbocycles. The van der Waals surface area contributed by atoms with Crippen LogP contribution in [-0.4, -0.2) is 18.7 Å². The molecule has 0 bridgehead atoms. The molecule has 31 heavy (non-hydrogen) atoms. The van der Waals surface area contributed by atoms with E-state index in [4.69, 9.17) is 32.7 Å². The molecule has 0 unspecified atom stereocenters. The molecule has 160 valence electrons. The van der Waals surface area contributed by atoms with Crippen LogP contribution in [0.4, 0.5) is 0 Å². The predicted octanol–water partition coefficient (Wildman–Crippen LogP) is 6.50. The van der Waals surface area contributed by atoms with Crippen LogP contribution in [0.1, 0.15) is 28.4 Å². The largest absolute Gasteiger partial charge is 0.490 e. The van der Waals surface area contributed by atoms with Crippen LogP contribution < -0.4 is 14.9 Å². The number of amides is 1. The van der Waals surface area contributed by atoms with Crippen molar-refractivity contribution in [2.45, 2.75) is 13.5 Å². The number of benzene rings is 3. The van der Waals surface area contributed by atoms with Gasteiger partial charge in [-0.3, -0.25) is 4.79 Å². The first-order valence-corrected chi connectivity index (χ1v) is 10.9. The normalized spacial score (nSPS) is 10.8. The SMILES string of the molecule is CCOc1cc(/C=N\NC(=O)c2ccc(Cl)cc2)cc(Br)c1OCc1ccccc1Cl. The van der Waals surface area contributed by atoms with Crippen molar-refractivity contribution < 1.29 is 14.3 Å². The fraction of sp³-hybridized carbons (Fsp3) is 0.130. The van der Waals surface area contributed by atoms with Crippen LogP contribution in [0.15, 0.2) is 70.2 Å². The summed E-state index contributed by atoms with van der Waals surface area (Å²) < 4.78 is 12.4. The molecule has 3 aromatic rings. The van der Waals surface area contributed by atoms with Gasteiger partial charge in [-0.25, -0.2) is 5.43 Å². The van der Waals surface area contributed by atoms with E-state index in [9.17, 15) is 4.79 Å². The second-order valence-corrected chi connectivity index (χ2v) is 8.05. The van der Waals surface area contributed by atoms with Crippen LogP contribution in [0.3, 0.4) is 0 Å². The molecule has 1 N–H and O–H groups in total. The van der Waals surface area contributed by atoms with Crippen LogP contribution in [0.25, 0.3) is 0 Å². The summed E-state index contributed by atoms with van der Waals surface area (Å²) in [5, 5.41) is 5.22. The van der Waals surface area contributed by atoms with Gasteiger partial charge in [0.25, 0.3) is 5.91 Å². The Bertz CT molecular complexity index is 1090. The third kappa shape index (κ3) is 6.47. The topological polar surface area (TPSA) is 59.9 Å². The molecule has 3 rings (SSSR count). The van der Waals surface area contributed by atoms with Crippen LogP contribution >= 0.6 is 39.1 Å². The van der Waals surface area contributed by atoms with Crippen molar-refractivity contribution in [1.82, 2.24) is 5.43 Å². The Labute approximate surface area is 199 Å². The quantitative estimate of drug-likeness (QED) is 0.272. The number of ether oxygens (including phenoxy) is 2. The maximum atomic E-state index is 12.2. The first-order chi connectivity index (χ1) is 15.0. The standard InChI is InChI=1S/C23H19BrCl2N2O3/c1-2-30-21-12-15(13-27-28-23(29)16-7-9-18(25)10-8-16)11-19(24)22(21)31-14-17-5-3-4-6-20(17)26/h3-13H,2,14H2,1H3,(H,28,29)/b27-13-. The van der Waals surface area contributed by atoms with E-state index in [0.29, 0.717) is 44.8 Å². The van der Waals surface area contributed by atoms with Crippen molar-refractivity contribution in [3.63, 3.8) is 0 Å². The second kappa shape index (κ2) is 11.2. The van der Waals surface area contributed by atoms with Crippen LogP contribution in [0.5, 0.6) is 11.5 Å². The molecular weight excluding hydrogens is 503 g/mol. The number of hydrogen-bond acceptors (Lipinski definition) is 4. The van der Waals surface area contributed by atoms with E-state index in [-0.39, 0.29) is 5.91 Å². The maximum absolute atomic E-state index is 12.2. The molecule has 0 radical (unpaired) electrons. The average Bonchev–Trinajstić information content (AvgIpc) is 2.75. The van der Waals surface area contributed by atoms with Crippen LogP contribution in [-0.2, 0) is 6.61 Å². The fourth-order valence-corrected chi connectivity index (χ4v) is 3.55. The van der Waals surface area contributed by atoms with Crippen LogP contribution in [0.2, 0.25) is 10.0 Å². The van der Waals surface area contributed by atoms with E-state index in [0.717, 1.165) is 11.1 Å². The molecule has 0 aliphatic rings. The smallest absolute Gasteiger partial charge is 0.271 e. The highest BCUT2D eigenvalue weighted by molar-refractivity contribution is 9.10. The Hall–Kier alpha value is -2.54. The molecule has 3 aromatic carbocycles. The summed E-state index contributed by atoms with van der Waals surface area (Å²) in [4.78, 5) is 12.2. The van der Waals surface area contributed by atoms with Gasteiger partial charge in [-0.15, -0.1) is 0 Å². The first-order valence-electron chi connectivity index (χ1n) is 9.39. The molecule has 0 heterocycles. The monoisotopic (exact) mass is 520 g/mol. The molecule has 0 fully saturated rings. The van der Waals surface area contributed by atoms with Crippen molar-refractivity contribution in [2.75, 3.05) is 6.61 Å². The zero-order chi connectivity index (χ0) is 22.2.